The Balaban J connectivity index is 1.70. The van der Waals surface area contributed by atoms with Crippen molar-refractivity contribution in [1.29, 1.82) is 0 Å². The fourth-order valence-corrected chi connectivity index (χ4v) is 2.42. The van der Waals surface area contributed by atoms with Gasteiger partial charge in [-0.05, 0) is 42.5 Å². The highest BCUT2D eigenvalue weighted by Gasteiger charge is 2.06. The molecule has 0 fully saturated rings. The summed E-state index contributed by atoms with van der Waals surface area (Å²) >= 11 is 3.45. The zero-order valence-electron chi connectivity index (χ0n) is 11.8. The Morgan fingerprint density at radius 1 is 1.14 bits per heavy atom. The highest BCUT2D eigenvalue weighted by Crippen LogP contribution is 2.25. The fourth-order valence-electron chi connectivity index (χ4n) is 2.01. The molecular weight excluding hydrogens is 348 g/mol. The van der Waals surface area contributed by atoms with E-state index in [1.807, 2.05) is 42.5 Å². The Kier molecular flexibility index (Phi) is 4.39. The van der Waals surface area contributed by atoms with Gasteiger partial charge in [-0.15, -0.1) is 10.2 Å². The van der Waals surface area contributed by atoms with Crippen LogP contribution in [0, 0.1) is 0 Å². The van der Waals surface area contributed by atoms with Gasteiger partial charge in [0.1, 0.15) is 18.1 Å². The second-order valence-electron chi connectivity index (χ2n) is 4.51. The van der Waals surface area contributed by atoms with Crippen molar-refractivity contribution < 1.29 is 13.9 Å². The first-order valence-corrected chi connectivity index (χ1v) is 7.37. The molecule has 0 aliphatic carbocycles. The quantitative estimate of drug-likeness (QED) is 0.685. The number of aromatic nitrogens is 2. The van der Waals surface area contributed by atoms with Crippen LogP contribution in [-0.2, 0) is 6.61 Å². The predicted molar refractivity (Wildman–Crippen MR) is 84.8 cm³/mol. The molecule has 6 heteroatoms. The van der Waals surface area contributed by atoms with Crippen LogP contribution in [0.15, 0.2) is 57.7 Å². The molecule has 5 nitrogen and oxygen atoms in total. The summed E-state index contributed by atoms with van der Waals surface area (Å²) in [6, 6.07) is 13.3. The summed E-state index contributed by atoms with van der Waals surface area (Å²) in [5.41, 5.74) is 1.82. The lowest BCUT2D eigenvalue weighted by Crippen LogP contribution is -1.98. The average Bonchev–Trinajstić information content (AvgIpc) is 3.08. The van der Waals surface area contributed by atoms with Crippen molar-refractivity contribution >= 4 is 15.9 Å². The van der Waals surface area contributed by atoms with Gasteiger partial charge in [-0.3, -0.25) is 0 Å². The molecule has 1 heterocycles. The van der Waals surface area contributed by atoms with Gasteiger partial charge in [-0.25, -0.2) is 0 Å². The minimum absolute atomic E-state index is 0.419. The SMILES string of the molecule is COc1ccc(Br)cc1COc1ccc(-c2nnco2)cc1. The lowest BCUT2D eigenvalue weighted by atomic mass is 10.2. The van der Waals surface area contributed by atoms with E-state index in [9.17, 15) is 0 Å². The first-order chi connectivity index (χ1) is 10.8. The van der Waals surface area contributed by atoms with Crippen LogP contribution < -0.4 is 9.47 Å². The lowest BCUT2D eigenvalue weighted by molar-refractivity contribution is 0.296. The molecule has 3 aromatic rings. The van der Waals surface area contributed by atoms with E-state index in [4.69, 9.17) is 13.9 Å². The van der Waals surface area contributed by atoms with Gasteiger partial charge in [0.25, 0.3) is 0 Å². The van der Waals surface area contributed by atoms with Crippen LogP contribution in [0.25, 0.3) is 11.5 Å². The van der Waals surface area contributed by atoms with E-state index in [0.29, 0.717) is 12.5 Å². The Hall–Kier alpha value is -2.34. The van der Waals surface area contributed by atoms with Crippen molar-refractivity contribution in [2.45, 2.75) is 6.61 Å². The molecule has 0 amide bonds. The summed E-state index contributed by atoms with van der Waals surface area (Å²) in [5, 5.41) is 7.52. The third kappa shape index (κ3) is 3.28. The van der Waals surface area contributed by atoms with Gasteiger partial charge in [0.05, 0.1) is 7.11 Å². The van der Waals surface area contributed by atoms with Crippen molar-refractivity contribution in [1.82, 2.24) is 10.2 Å². The molecule has 0 saturated carbocycles. The molecule has 3 rings (SSSR count). The zero-order valence-corrected chi connectivity index (χ0v) is 13.4. The molecule has 112 valence electrons. The number of methoxy groups -OCH3 is 1. The zero-order chi connectivity index (χ0) is 15.4. The highest BCUT2D eigenvalue weighted by atomic mass is 79.9. The summed E-state index contributed by atoms with van der Waals surface area (Å²) in [4.78, 5) is 0. The lowest BCUT2D eigenvalue weighted by Gasteiger charge is -2.11. The summed E-state index contributed by atoms with van der Waals surface area (Å²) in [6.07, 6.45) is 1.30. The van der Waals surface area contributed by atoms with Gasteiger partial charge >= 0.3 is 0 Å². The van der Waals surface area contributed by atoms with E-state index >= 15 is 0 Å². The van der Waals surface area contributed by atoms with E-state index < -0.39 is 0 Å². The number of rotatable bonds is 5. The number of nitrogens with zero attached hydrogens (tertiary/aromatic N) is 2. The minimum atomic E-state index is 0.419. The number of halogens is 1. The highest BCUT2D eigenvalue weighted by molar-refractivity contribution is 9.10. The van der Waals surface area contributed by atoms with Gasteiger partial charge < -0.3 is 13.9 Å². The molecule has 2 aromatic carbocycles. The van der Waals surface area contributed by atoms with Crippen LogP contribution in [0.4, 0.5) is 0 Å². The van der Waals surface area contributed by atoms with Crippen LogP contribution >= 0.6 is 15.9 Å². The molecule has 0 aliphatic rings. The van der Waals surface area contributed by atoms with Gasteiger partial charge in [-0.2, -0.15) is 0 Å². The molecule has 0 atom stereocenters. The third-order valence-electron chi connectivity index (χ3n) is 3.10. The topological polar surface area (TPSA) is 57.4 Å². The standard InChI is InChI=1S/C16H13BrN2O3/c1-20-15-7-4-13(17)8-12(15)9-21-14-5-2-11(3-6-14)16-19-18-10-22-16/h2-8,10H,9H2,1H3. The normalized spacial score (nSPS) is 10.5. The third-order valence-corrected chi connectivity index (χ3v) is 3.59. The maximum atomic E-state index is 5.79. The molecule has 0 spiro atoms. The van der Waals surface area contributed by atoms with Crippen molar-refractivity contribution in [3.05, 3.63) is 58.9 Å². The smallest absolute Gasteiger partial charge is 0.247 e. The Labute approximate surface area is 136 Å². The van der Waals surface area contributed by atoms with Gasteiger partial charge in [0.15, 0.2) is 0 Å². The Bertz CT molecular complexity index is 743. The molecular formula is C16H13BrN2O3. The maximum absolute atomic E-state index is 5.79. The van der Waals surface area contributed by atoms with Crippen LogP contribution in [0.2, 0.25) is 0 Å². The minimum Gasteiger partial charge on any atom is -0.496 e. The van der Waals surface area contributed by atoms with E-state index in [1.54, 1.807) is 7.11 Å². The molecule has 1 aromatic heterocycles. The molecule has 0 N–H and O–H groups in total. The summed E-state index contributed by atoms with van der Waals surface area (Å²) in [6.45, 7) is 0.419. The summed E-state index contributed by atoms with van der Waals surface area (Å²) in [5.74, 6) is 2.04. The average molecular weight is 361 g/mol. The van der Waals surface area contributed by atoms with E-state index in [1.165, 1.54) is 6.39 Å². The number of hydrogen-bond acceptors (Lipinski definition) is 5. The summed E-state index contributed by atoms with van der Waals surface area (Å²) < 4.78 is 17.3. The monoisotopic (exact) mass is 360 g/mol. The molecule has 0 aliphatic heterocycles. The van der Waals surface area contributed by atoms with Crippen molar-refractivity contribution in [2.75, 3.05) is 7.11 Å². The van der Waals surface area contributed by atoms with Gasteiger partial charge in [0.2, 0.25) is 12.3 Å². The second kappa shape index (κ2) is 6.62. The first-order valence-electron chi connectivity index (χ1n) is 6.58. The number of hydrogen-bond donors (Lipinski definition) is 0. The van der Waals surface area contributed by atoms with Crippen molar-refractivity contribution in [2.24, 2.45) is 0 Å². The van der Waals surface area contributed by atoms with Crippen LogP contribution in [-0.4, -0.2) is 17.3 Å². The predicted octanol–water partition coefficient (Wildman–Crippen LogP) is 4.09. The Morgan fingerprint density at radius 3 is 2.64 bits per heavy atom. The van der Waals surface area contributed by atoms with Crippen LogP contribution in [0.5, 0.6) is 11.5 Å². The first kappa shape index (κ1) is 14.6. The number of ether oxygens (including phenoxy) is 2. The van der Waals surface area contributed by atoms with Gasteiger partial charge in [-0.1, -0.05) is 15.9 Å². The van der Waals surface area contributed by atoms with Crippen LogP contribution in [0.1, 0.15) is 5.56 Å². The molecule has 0 saturated heterocycles. The molecule has 22 heavy (non-hydrogen) atoms. The maximum Gasteiger partial charge on any atom is 0.247 e. The Morgan fingerprint density at radius 2 is 1.95 bits per heavy atom. The molecule has 0 radical (unpaired) electrons. The second-order valence-corrected chi connectivity index (χ2v) is 5.43. The van der Waals surface area contributed by atoms with Crippen LogP contribution in [0.3, 0.4) is 0 Å². The number of benzene rings is 2. The summed E-state index contributed by atoms with van der Waals surface area (Å²) in [7, 11) is 1.64. The molecule has 0 unspecified atom stereocenters. The van der Waals surface area contributed by atoms with E-state index in [0.717, 1.165) is 27.1 Å². The van der Waals surface area contributed by atoms with E-state index in [2.05, 4.69) is 26.1 Å². The largest absolute Gasteiger partial charge is 0.496 e. The fraction of sp³-hybridized carbons (Fsp3) is 0.125. The van der Waals surface area contributed by atoms with Crippen molar-refractivity contribution in [3.8, 4) is 23.0 Å². The molecule has 0 bridgehead atoms. The van der Waals surface area contributed by atoms with Crippen molar-refractivity contribution in [3.63, 3.8) is 0 Å². The van der Waals surface area contributed by atoms with Gasteiger partial charge in [0, 0.05) is 15.6 Å². The van der Waals surface area contributed by atoms with E-state index in [-0.39, 0.29) is 0 Å².